The first-order valence-electron chi connectivity index (χ1n) is 15.7. The van der Waals surface area contributed by atoms with Crippen LogP contribution in [0.2, 0.25) is 0 Å². The van der Waals surface area contributed by atoms with Crippen molar-refractivity contribution in [3.8, 4) is 22.3 Å². The first-order valence-corrected chi connectivity index (χ1v) is 15.7. The summed E-state index contributed by atoms with van der Waals surface area (Å²) in [6.07, 6.45) is 0. The number of anilines is 3. The lowest BCUT2D eigenvalue weighted by Crippen LogP contribution is -2.10. The van der Waals surface area contributed by atoms with Crippen molar-refractivity contribution < 1.29 is 4.42 Å². The molecule has 0 N–H and O–H groups in total. The number of furan rings is 1. The van der Waals surface area contributed by atoms with E-state index in [0.29, 0.717) is 0 Å². The zero-order valence-electron chi connectivity index (χ0n) is 25.1. The van der Waals surface area contributed by atoms with Gasteiger partial charge in [0.2, 0.25) is 0 Å². The molecule has 216 valence electrons. The van der Waals surface area contributed by atoms with Crippen molar-refractivity contribution in [3.63, 3.8) is 0 Å². The molecule has 8 aromatic carbocycles. The Labute approximate surface area is 267 Å². The summed E-state index contributed by atoms with van der Waals surface area (Å²) in [7, 11) is 0. The fourth-order valence-electron chi connectivity index (χ4n) is 6.78. The molecule has 0 spiro atoms. The highest BCUT2D eigenvalue weighted by Gasteiger charge is 2.21. The van der Waals surface area contributed by atoms with Crippen LogP contribution >= 0.6 is 0 Å². The zero-order chi connectivity index (χ0) is 30.5. The Balaban J connectivity index is 1.26. The van der Waals surface area contributed by atoms with Crippen LogP contribution in [0.1, 0.15) is 0 Å². The molecule has 9 aromatic rings. The quantitative estimate of drug-likeness (QED) is 0.199. The monoisotopic (exact) mass is 587 g/mol. The number of hydrogen-bond donors (Lipinski definition) is 0. The van der Waals surface area contributed by atoms with Crippen LogP contribution in [0, 0.1) is 0 Å². The molecule has 0 unspecified atom stereocenters. The van der Waals surface area contributed by atoms with Crippen molar-refractivity contribution in [2.45, 2.75) is 0 Å². The number of fused-ring (bicyclic) bond motifs is 6. The molecular formula is C44H29NO. The smallest absolute Gasteiger partial charge is 0.143 e. The summed E-state index contributed by atoms with van der Waals surface area (Å²) < 4.78 is 6.61. The third kappa shape index (κ3) is 4.43. The molecule has 0 aliphatic carbocycles. The SMILES string of the molecule is c1ccc(-c2ccc(N(c3cccc(-c4ccc5ccccc5c4)c3)c3cccc4oc5c6ccccc6ccc5c34)cc2)cc1. The minimum absolute atomic E-state index is 0.875. The predicted molar refractivity (Wildman–Crippen MR) is 194 cm³/mol. The third-order valence-electron chi connectivity index (χ3n) is 9.03. The van der Waals surface area contributed by atoms with E-state index in [-0.39, 0.29) is 0 Å². The van der Waals surface area contributed by atoms with Crippen molar-refractivity contribution >= 4 is 60.5 Å². The molecule has 9 rings (SSSR count). The van der Waals surface area contributed by atoms with Gasteiger partial charge in [0.05, 0.1) is 11.1 Å². The Bertz CT molecular complexity index is 2530. The molecule has 0 radical (unpaired) electrons. The molecule has 0 atom stereocenters. The molecule has 0 aliphatic rings. The molecule has 1 heterocycles. The van der Waals surface area contributed by atoms with Crippen LogP contribution in [0.25, 0.3) is 65.7 Å². The Hall–Kier alpha value is -6.12. The fourth-order valence-corrected chi connectivity index (χ4v) is 6.78. The standard InChI is InChI=1S/C44H29NO/c1-2-10-30(11-3-1)32-22-25-37(26-23-32)45(38-16-8-15-35(29-38)36-21-20-31-12-4-5-14-34(31)28-36)41-18-9-19-42-43(41)40-27-24-33-13-6-7-17-39(33)44(40)46-42/h1-29H. The molecule has 46 heavy (non-hydrogen) atoms. The van der Waals surface area contributed by atoms with Crippen LogP contribution in [-0.4, -0.2) is 0 Å². The molecule has 0 saturated heterocycles. The number of hydrogen-bond acceptors (Lipinski definition) is 2. The maximum atomic E-state index is 6.61. The summed E-state index contributed by atoms with van der Waals surface area (Å²) in [5, 5.41) is 6.99. The van der Waals surface area contributed by atoms with E-state index in [0.717, 1.165) is 44.4 Å². The van der Waals surface area contributed by atoms with Crippen LogP contribution in [0.3, 0.4) is 0 Å². The van der Waals surface area contributed by atoms with Gasteiger partial charge in [0, 0.05) is 22.1 Å². The van der Waals surface area contributed by atoms with Crippen molar-refractivity contribution in [1.82, 2.24) is 0 Å². The Kier molecular flexibility index (Phi) is 6.17. The van der Waals surface area contributed by atoms with E-state index in [4.69, 9.17) is 4.42 Å². The third-order valence-corrected chi connectivity index (χ3v) is 9.03. The van der Waals surface area contributed by atoms with Gasteiger partial charge in [0.15, 0.2) is 0 Å². The molecule has 0 amide bonds. The van der Waals surface area contributed by atoms with Crippen LogP contribution in [-0.2, 0) is 0 Å². The highest BCUT2D eigenvalue weighted by molar-refractivity contribution is 6.19. The van der Waals surface area contributed by atoms with Crippen molar-refractivity contribution in [2.75, 3.05) is 4.90 Å². The average Bonchev–Trinajstić information content (AvgIpc) is 3.52. The maximum absolute atomic E-state index is 6.61. The van der Waals surface area contributed by atoms with Gasteiger partial charge in [-0.3, -0.25) is 0 Å². The van der Waals surface area contributed by atoms with Gasteiger partial charge in [-0.2, -0.15) is 0 Å². The lowest BCUT2D eigenvalue weighted by atomic mass is 10.00. The van der Waals surface area contributed by atoms with Gasteiger partial charge < -0.3 is 9.32 Å². The van der Waals surface area contributed by atoms with E-state index in [9.17, 15) is 0 Å². The van der Waals surface area contributed by atoms with E-state index < -0.39 is 0 Å². The van der Waals surface area contributed by atoms with Crippen molar-refractivity contribution in [3.05, 3.63) is 176 Å². The summed E-state index contributed by atoms with van der Waals surface area (Å²) >= 11 is 0. The van der Waals surface area contributed by atoms with E-state index in [1.165, 1.54) is 38.4 Å². The lowest BCUT2D eigenvalue weighted by molar-refractivity contribution is 0.672. The second-order valence-electron chi connectivity index (χ2n) is 11.8. The second-order valence-corrected chi connectivity index (χ2v) is 11.8. The first-order chi connectivity index (χ1) is 22.8. The molecule has 0 saturated carbocycles. The number of benzene rings is 8. The van der Waals surface area contributed by atoms with Gasteiger partial charge in [-0.05, 0) is 86.9 Å². The van der Waals surface area contributed by atoms with Gasteiger partial charge in [0.25, 0.3) is 0 Å². The first kappa shape index (κ1) is 26.3. The molecule has 0 fully saturated rings. The van der Waals surface area contributed by atoms with E-state index in [1.54, 1.807) is 0 Å². The van der Waals surface area contributed by atoms with Gasteiger partial charge in [0.1, 0.15) is 11.2 Å². The minimum atomic E-state index is 0.875. The summed E-state index contributed by atoms with van der Waals surface area (Å²) in [5.74, 6) is 0. The van der Waals surface area contributed by atoms with Gasteiger partial charge in [-0.25, -0.2) is 0 Å². The van der Waals surface area contributed by atoms with E-state index in [2.05, 4.69) is 181 Å². The maximum Gasteiger partial charge on any atom is 0.143 e. The number of nitrogens with zero attached hydrogens (tertiary/aromatic N) is 1. The molecule has 0 aliphatic heterocycles. The number of rotatable bonds is 5. The highest BCUT2D eigenvalue weighted by atomic mass is 16.3. The summed E-state index contributed by atoms with van der Waals surface area (Å²) in [5.41, 5.74) is 9.79. The van der Waals surface area contributed by atoms with Gasteiger partial charge >= 0.3 is 0 Å². The highest BCUT2D eigenvalue weighted by Crippen LogP contribution is 2.45. The molecular weight excluding hydrogens is 558 g/mol. The molecule has 0 bridgehead atoms. The van der Waals surface area contributed by atoms with Gasteiger partial charge in [-0.1, -0.05) is 127 Å². The second kappa shape index (κ2) is 10.8. The van der Waals surface area contributed by atoms with Gasteiger partial charge in [-0.15, -0.1) is 0 Å². The van der Waals surface area contributed by atoms with E-state index >= 15 is 0 Å². The normalized spacial score (nSPS) is 11.5. The van der Waals surface area contributed by atoms with Crippen molar-refractivity contribution in [2.24, 2.45) is 0 Å². The Morgan fingerprint density at radius 2 is 1.02 bits per heavy atom. The predicted octanol–water partition coefficient (Wildman–Crippen LogP) is 12.7. The van der Waals surface area contributed by atoms with Crippen LogP contribution < -0.4 is 4.90 Å². The molecule has 2 nitrogen and oxygen atoms in total. The molecule has 2 heteroatoms. The molecule has 1 aromatic heterocycles. The average molecular weight is 588 g/mol. The summed E-state index contributed by atoms with van der Waals surface area (Å²) in [6.45, 7) is 0. The summed E-state index contributed by atoms with van der Waals surface area (Å²) in [6, 6.07) is 62.7. The largest absolute Gasteiger partial charge is 0.455 e. The summed E-state index contributed by atoms with van der Waals surface area (Å²) in [4.78, 5) is 2.37. The van der Waals surface area contributed by atoms with Crippen LogP contribution in [0.5, 0.6) is 0 Å². The van der Waals surface area contributed by atoms with Crippen LogP contribution in [0.15, 0.2) is 180 Å². The van der Waals surface area contributed by atoms with Crippen LogP contribution in [0.4, 0.5) is 17.1 Å². The minimum Gasteiger partial charge on any atom is -0.455 e. The zero-order valence-corrected chi connectivity index (χ0v) is 25.1. The lowest BCUT2D eigenvalue weighted by Gasteiger charge is -2.27. The fraction of sp³-hybridized carbons (Fsp3) is 0. The Morgan fingerprint density at radius 1 is 0.370 bits per heavy atom. The topological polar surface area (TPSA) is 16.4 Å². The van der Waals surface area contributed by atoms with Crippen molar-refractivity contribution in [1.29, 1.82) is 0 Å². The Morgan fingerprint density at radius 3 is 1.89 bits per heavy atom. The van der Waals surface area contributed by atoms with E-state index in [1.807, 2.05) is 0 Å².